The molecular formula is C12H23NO3. The minimum atomic E-state index is -0.235. The van der Waals surface area contributed by atoms with Gasteiger partial charge in [-0.15, -0.1) is 0 Å². The number of aliphatic hydroxyl groups excluding tert-OH is 1. The summed E-state index contributed by atoms with van der Waals surface area (Å²) in [7, 11) is 1.69. The van der Waals surface area contributed by atoms with Gasteiger partial charge in [-0.2, -0.15) is 0 Å². The second-order valence-corrected chi connectivity index (χ2v) is 5.04. The molecule has 2 aliphatic rings. The van der Waals surface area contributed by atoms with Crippen LogP contribution in [0.25, 0.3) is 0 Å². The highest BCUT2D eigenvalue weighted by atomic mass is 16.5. The van der Waals surface area contributed by atoms with Crippen LogP contribution in [0.4, 0.5) is 0 Å². The summed E-state index contributed by atoms with van der Waals surface area (Å²) in [6, 6.07) is 0. The fourth-order valence-corrected chi connectivity index (χ4v) is 2.56. The number of rotatable bonds is 7. The quantitative estimate of drug-likeness (QED) is 0.669. The smallest absolute Gasteiger partial charge is 0.0700 e. The third-order valence-corrected chi connectivity index (χ3v) is 3.75. The zero-order valence-electron chi connectivity index (χ0n) is 10.1. The van der Waals surface area contributed by atoms with Gasteiger partial charge >= 0.3 is 0 Å². The van der Waals surface area contributed by atoms with Crippen LogP contribution >= 0.6 is 0 Å². The highest BCUT2D eigenvalue weighted by Crippen LogP contribution is 2.39. The molecule has 1 saturated carbocycles. The molecule has 2 unspecified atom stereocenters. The molecule has 0 radical (unpaired) electrons. The number of hydrogen-bond donors (Lipinski definition) is 2. The van der Waals surface area contributed by atoms with E-state index < -0.39 is 0 Å². The van der Waals surface area contributed by atoms with E-state index in [0.29, 0.717) is 18.6 Å². The first kappa shape index (κ1) is 12.3. The minimum absolute atomic E-state index is 0.151. The summed E-state index contributed by atoms with van der Waals surface area (Å²) in [5, 5.41) is 13.1. The van der Waals surface area contributed by atoms with Gasteiger partial charge in [0.1, 0.15) is 0 Å². The lowest BCUT2D eigenvalue weighted by atomic mass is 9.94. The Hall–Kier alpha value is -0.160. The molecule has 2 fully saturated rings. The Morgan fingerprint density at radius 1 is 1.44 bits per heavy atom. The Morgan fingerprint density at radius 2 is 2.25 bits per heavy atom. The second-order valence-electron chi connectivity index (χ2n) is 5.04. The Bertz CT molecular complexity index is 214. The van der Waals surface area contributed by atoms with Gasteiger partial charge in [-0.05, 0) is 31.6 Å². The van der Waals surface area contributed by atoms with Crippen LogP contribution in [0.2, 0.25) is 0 Å². The largest absolute Gasteiger partial charge is 0.394 e. The number of hydrogen-bond acceptors (Lipinski definition) is 4. The van der Waals surface area contributed by atoms with Gasteiger partial charge in [0, 0.05) is 20.3 Å². The normalized spacial score (nSPS) is 29.2. The summed E-state index contributed by atoms with van der Waals surface area (Å²) < 4.78 is 10.8. The molecule has 2 rings (SSSR count). The third kappa shape index (κ3) is 2.74. The first-order chi connectivity index (χ1) is 7.80. The van der Waals surface area contributed by atoms with Crippen molar-refractivity contribution in [2.75, 3.05) is 33.5 Å². The van der Waals surface area contributed by atoms with E-state index >= 15 is 0 Å². The zero-order valence-corrected chi connectivity index (χ0v) is 10.1. The first-order valence-corrected chi connectivity index (χ1v) is 6.27. The highest BCUT2D eigenvalue weighted by Gasteiger charge is 2.45. The van der Waals surface area contributed by atoms with Crippen molar-refractivity contribution in [3.8, 4) is 0 Å². The molecule has 4 nitrogen and oxygen atoms in total. The molecule has 2 N–H and O–H groups in total. The van der Waals surface area contributed by atoms with Crippen molar-refractivity contribution in [1.82, 2.24) is 5.32 Å². The van der Waals surface area contributed by atoms with Gasteiger partial charge in [0.25, 0.3) is 0 Å². The summed E-state index contributed by atoms with van der Waals surface area (Å²) in [6.07, 6.45) is 5.00. The van der Waals surface area contributed by atoms with Crippen LogP contribution in [0.3, 0.4) is 0 Å². The molecule has 0 spiro atoms. The van der Waals surface area contributed by atoms with E-state index in [4.69, 9.17) is 9.47 Å². The second kappa shape index (κ2) is 5.45. The topological polar surface area (TPSA) is 50.7 Å². The van der Waals surface area contributed by atoms with Gasteiger partial charge in [-0.3, -0.25) is 0 Å². The standard InChI is InChI=1S/C12H23NO3/c1-15-9-12(8-14,10-4-5-10)13-7-11-3-2-6-16-11/h10-11,13-14H,2-9H2,1H3. The molecule has 0 aromatic rings. The molecule has 16 heavy (non-hydrogen) atoms. The van der Waals surface area contributed by atoms with Crippen LogP contribution in [0, 0.1) is 5.92 Å². The Morgan fingerprint density at radius 3 is 2.75 bits per heavy atom. The van der Waals surface area contributed by atoms with Crippen molar-refractivity contribution in [3.63, 3.8) is 0 Å². The van der Waals surface area contributed by atoms with E-state index in [9.17, 15) is 5.11 Å². The van der Waals surface area contributed by atoms with Crippen LogP contribution in [0.15, 0.2) is 0 Å². The maximum atomic E-state index is 9.61. The summed E-state index contributed by atoms with van der Waals surface area (Å²) in [6.45, 7) is 2.45. The summed E-state index contributed by atoms with van der Waals surface area (Å²) >= 11 is 0. The van der Waals surface area contributed by atoms with Crippen molar-refractivity contribution in [1.29, 1.82) is 0 Å². The van der Waals surface area contributed by atoms with Gasteiger partial charge < -0.3 is 19.9 Å². The summed E-state index contributed by atoms with van der Waals surface area (Å²) in [5.74, 6) is 0.568. The van der Waals surface area contributed by atoms with Crippen molar-refractivity contribution in [2.24, 2.45) is 5.92 Å². The lowest BCUT2D eigenvalue weighted by Crippen LogP contribution is -2.56. The van der Waals surface area contributed by atoms with E-state index in [1.165, 1.54) is 12.8 Å². The predicted octanol–water partition coefficient (Wildman–Crippen LogP) is 0.542. The van der Waals surface area contributed by atoms with Crippen molar-refractivity contribution >= 4 is 0 Å². The average Bonchev–Trinajstić information content (AvgIpc) is 3.03. The predicted molar refractivity (Wildman–Crippen MR) is 61.4 cm³/mol. The number of aliphatic hydroxyl groups is 1. The maximum Gasteiger partial charge on any atom is 0.0700 e. The Kier molecular flexibility index (Phi) is 4.19. The van der Waals surface area contributed by atoms with Gasteiger partial charge in [0.2, 0.25) is 0 Å². The fraction of sp³-hybridized carbons (Fsp3) is 1.00. The summed E-state index contributed by atoms with van der Waals surface area (Å²) in [5.41, 5.74) is -0.235. The molecule has 1 saturated heterocycles. The van der Waals surface area contributed by atoms with Crippen LogP contribution in [-0.2, 0) is 9.47 Å². The van der Waals surface area contributed by atoms with Crippen LogP contribution in [0.1, 0.15) is 25.7 Å². The van der Waals surface area contributed by atoms with Crippen LogP contribution < -0.4 is 5.32 Å². The lowest BCUT2D eigenvalue weighted by Gasteiger charge is -2.33. The first-order valence-electron chi connectivity index (χ1n) is 6.27. The molecule has 0 aromatic carbocycles. The molecule has 2 atom stereocenters. The third-order valence-electron chi connectivity index (χ3n) is 3.75. The average molecular weight is 229 g/mol. The van der Waals surface area contributed by atoms with Gasteiger partial charge in [-0.1, -0.05) is 0 Å². The van der Waals surface area contributed by atoms with E-state index in [-0.39, 0.29) is 12.1 Å². The molecule has 94 valence electrons. The van der Waals surface area contributed by atoms with E-state index in [1.54, 1.807) is 7.11 Å². The molecule has 1 aliphatic heterocycles. The number of nitrogens with one attached hydrogen (secondary N) is 1. The minimum Gasteiger partial charge on any atom is -0.394 e. The summed E-state index contributed by atoms with van der Waals surface area (Å²) in [4.78, 5) is 0. The molecular weight excluding hydrogens is 206 g/mol. The van der Waals surface area contributed by atoms with Gasteiger partial charge in [0.15, 0.2) is 0 Å². The van der Waals surface area contributed by atoms with Crippen molar-refractivity contribution in [3.05, 3.63) is 0 Å². The number of methoxy groups -OCH3 is 1. The van der Waals surface area contributed by atoms with E-state index in [2.05, 4.69) is 5.32 Å². The highest BCUT2D eigenvalue weighted by molar-refractivity contribution is 5.01. The zero-order chi connectivity index (χ0) is 11.4. The monoisotopic (exact) mass is 229 g/mol. The molecule has 0 bridgehead atoms. The van der Waals surface area contributed by atoms with E-state index in [0.717, 1.165) is 26.0 Å². The molecule has 1 heterocycles. The molecule has 1 aliphatic carbocycles. The maximum absolute atomic E-state index is 9.61. The number of ether oxygens (including phenoxy) is 2. The Labute approximate surface area is 97.3 Å². The van der Waals surface area contributed by atoms with Crippen LogP contribution in [-0.4, -0.2) is 50.2 Å². The Balaban J connectivity index is 1.84. The van der Waals surface area contributed by atoms with E-state index in [1.807, 2.05) is 0 Å². The molecule has 0 aromatic heterocycles. The molecule has 0 amide bonds. The van der Waals surface area contributed by atoms with Crippen molar-refractivity contribution < 1.29 is 14.6 Å². The SMILES string of the molecule is COCC(CO)(NCC1CCCO1)C1CC1. The lowest BCUT2D eigenvalue weighted by molar-refractivity contribution is 0.0324. The van der Waals surface area contributed by atoms with Gasteiger partial charge in [-0.25, -0.2) is 0 Å². The molecule has 4 heteroatoms. The van der Waals surface area contributed by atoms with Crippen molar-refractivity contribution in [2.45, 2.75) is 37.3 Å². The van der Waals surface area contributed by atoms with Gasteiger partial charge in [0.05, 0.1) is 24.9 Å². The van der Waals surface area contributed by atoms with Crippen LogP contribution in [0.5, 0.6) is 0 Å². The fourth-order valence-electron chi connectivity index (χ4n) is 2.56.